The summed E-state index contributed by atoms with van der Waals surface area (Å²) in [5.74, 6) is -2.89. The lowest BCUT2D eigenvalue weighted by Gasteiger charge is -2.32. The summed E-state index contributed by atoms with van der Waals surface area (Å²) in [4.78, 5) is 46.3. The van der Waals surface area contributed by atoms with Crippen molar-refractivity contribution in [1.29, 1.82) is 0 Å². The number of thiazole rings is 1. The maximum Gasteiger partial charge on any atom is 0.336 e. The second-order valence-corrected chi connectivity index (χ2v) is 8.42. The van der Waals surface area contributed by atoms with Gasteiger partial charge in [-0.3, -0.25) is 14.6 Å². The van der Waals surface area contributed by atoms with Crippen molar-refractivity contribution in [3.8, 4) is 0 Å². The van der Waals surface area contributed by atoms with Crippen molar-refractivity contribution >= 4 is 45.8 Å². The van der Waals surface area contributed by atoms with E-state index in [1.165, 1.54) is 25.6 Å². The largest absolute Gasteiger partial charge is 0.468 e. The van der Waals surface area contributed by atoms with Crippen LogP contribution in [0.5, 0.6) is 0 Å². The Labute approximate surface area is 201 Å². The zero-order valence-electron chi connectivity index (χ0n) is 19.7. The molecule has 0 aliphatic carbocycles. The number of carbonyl (C=O) groups is 3. The van der Waals surface area contributed by atoms with Crippen LogP contribution in [0.15, 0.2) is 45.9 Å². The number of nitrogens with zero attached hydrogens (tertiary/aromatic N) is 2. The SMILES string of the molecule is CCOC(=O)Cc1csc(Nc2ccccc2C2C(C(=O)OC)=C(C)N=C(C)C2C(=O)OC)n1. The maximum atomic E-state index is 12.8. The average Bonchev–Trinajstić information content (AvgIpc) is 3.24. The summed E-state index contributed by atoms with van der Waals surface area (Å²) in [6.07, 6.45) is 0.0742. The number of nitrogens with one attached hydrogen (secondary N) is 1. The molecule has 3 rings (SSSR count). The van der Waals surface area contributed by atoms with E-state index in [2.05, 4.69) is 15.3 Å². The van der Waals surface area contributed by atoms with Crippen LogP contribution in [0.25, 0.3) is 0 Å². The van der Waals surface area contributed by atoms with Gasteiger partial charge >= 0.3 is 17.9 Å². The molecule has 1 aromatic carbocycles. The number of methoxy groups -OCH3 is 2. The van der Waals surface area contributed by atoms with E-state index in [0.29, 0.717) is 45.7 Å². The second-order valence-electron chi connectivity index (χ2n) is 7.56. The number of hydrogen-bond acceptors (Lipinski definition) is 10. The lowest BCUT2D eigenvalue weighted by Crippen LogP contribution is -2.36. The molecular formula is C24H27N3O6S. The highest BCUT2D eigenvalue weighted by molar-refractivity contribution is 7.13. The molecule has 2 unspecified atom stereocenters. The average molecular weight is 486 g/mol. The Morgan fingerprint density at radius 2 is 1.85 bits per heavy atom. The molecule has 0 fully saturated rings. The summed E-state index contributed by atoms with van der Waals surface area (Å²) in [7, 11) is 2.60. The van der Waals surface area contributed by atoms with Gasteiger partial charge in [-0.25, -0.2) is 9.78 Å². The predicted molar refractivity (Wildman–Crippen MR) is 128 cm³/mol. The van der Waals surface area contributed by atoms with E-state index in [9.17, 15) is 14.4 Å². The van der Waals surface area contributed by atoms with Crippen molar-refractivity contribution < 1.29 is 28.6 Å². The molecule has 2 heterocycles. The Kier molecular flexibility index (Phi) is 8.17. The molecule has 2 aromatic rings. The Morgan fingerprint density at radius 3 is 2.53 bits per heavy atom. The molecule has 1 aliphatic heterocycles. The number of rotatable bonds is 8. The van der Waals surface area contributed by atoms with Gasteiger partial charge in [0.1, 0.15) is 5.92 Å². The standard InChI is InChI=1S/C24H27N3O6S/c1-6-33-18(28)11-15-12-34-24(26-15)27-17-10-8-7-9-16(17)21-19(22(29)31-4)13(2)25-14(3)20(21)23(30)32-5/h7-10,12,19,21H,6,11H2,1-5H3,(H,26,27). The van der Waals surface area contributed by atoms with Crippen molar-refractivity contribution in [3.63, 3.8) is 0 Å². The summed E-state index contributed by atoms with van der Waals surface area (Å²) in [6.45, 7) is 5.52. The number of aliphatic imine (C=N–C) groups is 1. The first-order valence-corrected chi connectivity index (χ1v) is 11.6. The first kappa shape index (κ1) is 25.1. The monoisotopic (exact) mass is 485 g/mol. The molecule has 0 spiro atoms. The van der Waals surface area contributed by atoms with E-state index >= 15 is 0 Å². The van der Waals surface area contributed by atoms with Gasteiger partial charge in [0.05, 0.1) is 38.5 Å². The molecule has 1 aliphatic rings. The number of benzene rings is 1. The summed E-state index contributed by atoms with van der Waals surface area (Å²) in [5.41, 5.74) is 3.25. The van der Waals surface area contributed by atoms with Crippen LogP contribution in [0.4, 0.5) is 10.8 Å². The molecule has 1 aromatic heterocycles. The first-order chi connectivity index (χ1) is 16.3. The minimum Gasteiger partial charge on any atom is -0.468 e. The van der Waals surface area contributed by atoms with Crippen molar-refractivity contribution in [2.24, 2.45) is 10.9 Å². The van der Waals surface area contributed by atoms with Gasteiger partial charge in [0, 0.05) is 28.4 Å². The van der Waals surface area contributed by atoms with Crippen LogP contribution in [-0.2, 0) is 35.0 Å². The van der Waals surface area contributed by atoms with Crippen LogP contribution in [0.2, 0.25) is 0 Å². The van der Waals surface area contributed by atoms with E-state index in [0.717, 1.165) is 0 Å². The molecule has 1 N–H and O–H groups in total. The molecule has 2 atom stereocenters. The number of esters is 3. The third-order valence-corrected chi connectivity index (χ3v) is 6.22. The van der Waals surface area contributed by atoms with Gasteiger partial charge in [-0.1, -0.05) is 18.2 Å². The smallest absolute Gasteiger partial charge is 0.336 e. The number of para-hydroxylation sites is 1. The molecule has 0 bridgehead atoms. The molecule has 34 heavy (non-hydrogen) atoms. The van der Waals surface area contributed by atoms with Gasteiger partial charge in [-0.05, 0) is 32.4 Å². The van der Waals surface area contributed by atoms with Crippen LogP contribution in [0.3, 0.4) is 0 Å². The summed E-state index contributed by atoms with van der Waals surface area (Å²) in [6, 6.07) is 7.34. The zero-order valence-corrected chi connectivity index (χ0v) is 20.5. The molecule has 0 amide bonds. The third-order valence-electron chi connectivity index (χ3n) is 5.41. The number of anilines is 2. The Morgan fingerprint density at radius 1 is 1.12 bits per heavy atom. The van der Waals surface area contributed by atoms with Crippen LogP contribution in [0.1, 0.15) is 37.9 Å². The quantitative estimate of drug-likeness (QED) is 0.444. The maximum absolute atomic E-state index is 12.8. The molecule has 0 saturated carbocycles. The van der Waals surface area contributed by atoms with Gasteiger partial charge in [-0.2, -0.15) is 0 Å². The summed E-state index contributed by atoms with van der Waals surface area (Å²) in [5, 5.41) is 5.61. The van der Waals surface area contributed by atoms with Crippen LogP contribution >= 0.6 is 11.3 Å². The van der Waals surface area contributed by atoms with Gasteiger partial charge in [0.15, 0.2) is 5.13 Å². The number of hydrogen-bond donors (Lipinski definition) is 1. The molecule has 0 radical (unpaired) electrons. The van der Waals surface area contributed by atoms with Crippen molar-refractivity contribution in [2.75, 3.05) is 26.1 Å². The molecular weight excluding hydrogens is 458 g/mol. The minimum absolute atomic E-state index is 0.0742. The molecule has 10 heteroatoms. The summed E-state index contributed by atoms with van der Waals surface area (Å²) >= 11 is 1.34. The van der Waals surface area contributed by atoms with E-state index in [1.807, 2.05) is 24.3 Å². The van der Waals surface area contributed by atoms with E-state index in [-0.39, 0.29) is 12.4 Å². The van der Waals surface area contributed by atoms with Gasteiger partial charge in [-0.15, -0.1) is 11.3 Å². The fourth-order valence-corrected chi connectivity index (χ4v) is 4.71. The Hall–Kier alpha value is -3.53. The minimum atomic E-state index is -0.804. The number of ether oxygens (including phenoxy) is 3. The van der Waals surface area contributed by atoms with Crippen LogP contribution < -0.4 is 5.32 Å². The molecule has 180 valence electrons. The van der Waals surface area contributed by atoms with Crippen LogP contribution in [-0.4, -0.2) is 49.4 Å². The number of aromatic nitrogens is 1. The van der Waals surface area contributed by atoms with E-state index < -0.39 is 23.8 Å². The highest BCUT2D eigenvalue weighted by Gasteiger charge is 2.43. The Balaban J connectivity index is 2.03. The van der Waals surface area contributed by atoms with Crippen molar-refractivity contribution in [3.05, 3.63) is 52.2 Å². The highest BCUT2D eigenvalue weighted by atomic mass is 32.1. The summed E-state index contributed by atoms with van der Waals surface area (Å²) < 4.78 is 15.1. The lowest BCUT2D eigenvalue weighted by atomic mass is 9.75. The van der Waals surface area contributed by atoms with Crippen molar-refractivity contribution in [1.82, 2.24) is 4.98 Å². The fourth-order valence-electron chi connectivity index (χ4n) is 3.98. The second kappa shape index (κ2) is 11.1. The van der Waals surface area contributed by atoms with Gasteiger partial charge < -0.3 is 19.5 Å². The number of allylic oxidation sites excluding steroid dienone is 1. The van der Waals surface area contributed by atoms with Gasteiger partial charge in [0.2, 0.25) is 0 Å². The lowest BCUT2D eigenvalue weighted by molar-refractivity contribution is -0.144. The van der Waals surface area contributed by atoms with Crippen molar-refractivity contribution in [2.45, 2.75) is 33.1 Å². The topological polar surface area (TPSA) is 116 Å². The van der Waals surface area contributed by atoms with E-state index in [1.54, 1.807) is 26.2 Å². The molecule has 0 saturated heterocycles. The third kappa shape index (κ3) is 5.33. The van der Waals surface area contributed by atoms with Gasteiger partial charge in [0.25, 0.3) is 0 Å². The van der Waals surface area contributed by atoms with Crippen LogP contribution in [0, 0.1) is 5.92 Å². The predicted octanol–water partition coefficient (Wildman–Crippen LogP) is 3.79. The zero-order chi connectivity index (χ0) is 24.8. The number of carbonyl (C=O) groups excluding carboxylic acids is 3. The molecule has 9 nitrogen and oxygen atoms in total. The first-order valence-electron chi connectivity index (χ1n) is 10.7. The fraction of sp³-hybridized carbons (Fsp3) is 0.375. The normalized spacial score (nSPS) is 17.6. The highest BCUT2D eigenvalue weighted by Crippen LogP contribution is 2.43. The Bertz CT molecular complexity index is 1150. The van der Waals surface area contributed by atoms with E-state index in [4.69, 9.17) is 14.2 Å².